The first-order valence-electron chi connectivity index (χ1n) is 7.47. The van der Waals surface area contributed by atoms with Gasteiger partial charge in [-0.2, -0.15) is 5.26 Å². The van der Waals surface area contributed by atoms with Gasteiger partial charge in [0, 0.05) is 12.5 Å². The van der Waals surface area contributed by atoms with Crippen molar-refractivity contribution in [3.63, 3.8) is 0 Å². The zero-order chi connectivity index (χ0) is 15.5. The fraction of sp³-hybridized carbons (Fsp3) is 0.786. The van der Waals surface area contributed by atoms with E-state index < -0.39 is 9.84 Å². The summed E-state index contributed by atoms with van der Waals surface area (Å²) in [4.78, 5) is 0. The standard InChI is InChI=1S/C14H22N4O2S/c1-11-6-5-7-13(10-11)18-12(2)16-17-14(18)21(19,20)9-4-3-8-15/h11,13H,3-7,9-10H2,1-2H3/t11-,13-/m1/s1. The van der Waals surface area contributed by atoms with Gasteiger partial charge in [-0.05, 0) is 32.1 Å². The molecule has 0 amide bonds. The monoisotopic (exact) mass is 310 g/mol. The summed E-state index contributed by atoms with van der Waals surface area (Å²) in [7, 11) is -3.47. The molecule has 21 heavy (non-hydrogen) atoms. The average molecular weight is 310 g/mol. The lowest BCUT2D eigenvalue weighted by Gasteiger charge is -2.29. The number of nitriles is 1. The molecule has 0 aromatic carbocycles. The lowest BCUT2D eigenvalue weighted by molar-refractivity contribution is 0.267. The maximum absolute atomic E-state index is 12.4. The SMILES string of the molecule is Cc1nnc(S(=O)(=O)CCCC#N)n1[C@@H]1CCC[C@@H](C)C1. The Morgan fingerprint density at radius 3 is 2.81 bits per heavy atom. The first-order chi connectivity index (χ1) is 9.95. The molecule has 0 bridgehead atoms. The third-order valence-electron chi connectivity index (χ3n) is 4.09. The quantitative estimate of drug-likeness (QED) is 0.779. The van der Waals surface area contributed by atoms with Crippen LogP contribution in [0.2, 0.25) is 0 Å². The lowest BCUT2D eigenvalue weighted by Crippen LogP contribution is -2.23. The molecule has 1 aliphatic carbocycles. The van der Waals surface area contributed by atoms with Crippen LogP contribution in [-0.2, 0) is 9.84 Å². The number of rotatable bonds is 5. The third kappa shape index (κ3) is 3.62. The van der Waals surface area contributed by atoms with E-state index in [0.717, 1.165) is 19.3 Å². The molecule has 0 N–H and O–H groups in total. The highest BCUT2D eigenvalue weighted by Crippen LogP contribution is 2.34. The molecular formula is C14H22N4O2S. The van der Waals surface area contributed by atoms with Gasteiger partial charge in [0.15, 0.2) is 0 Å². The van der Waals surface area contributed by atoms with Crippen LogP contribution in [-0.4, -0.2) is 28.9 Å². The van der Waals surface area contributed by atoms with Crippen LogP contribution in [0.1, 0.15) is 57.3 Å². The number of sulfone groups is 1. The minimum Gasteiger partial charge on any atom is -0.299 e. The van der Waals surface area contributed by atoms with Crippen molar-refractivity contribution in [2.75, 3.05) is 5.75 Å². The second-order valence-corrected chi connectivity index (χ2v) is 7.91. The molecule has 1 saturated carbocycles. The van der Waals surface area contributed by atoms with Crippen molar-refractivity contribution in [1.29, 1.82) is 5.26 Å². The maximum atomic E-state index is 12.4. The van der Waals surface area contributed by atoms with Gasteiger partial charge >= 0.3 is 0 Å². The van der Waals surface area contributed by atoms with Crippen molar-refractivity contribution < 1.29 is 8.42 Å². The van der Waals surface area contributed by atoms with Gasteiger partial charge in [0.05, 0.1) is 11.8 Å². The normalized spacial score (nSPS) is 22.9. The molecule has 7 heteroatoms. The molecule has 116 valence electrons. The van der Waals surface area contributed by atoms with Gasteiger partial charge in [0.1, 0.15) is 5.82 Å². The highest BCUT2D eigenvalue weighted by Gasteiger charge is 2.29. The zero-order valence-electron chi connectivity index (χ0n) is 12.6. The van der Waals surface area contributed by atoms with Crippen LogP contribution in [0.5, 0.6) is 0 Å². The largest absolute Gasteiger partial charge is 0.299 e. The molecule has 6 nitrogen and oxygen atoms in total. The fourth-order valence-electron chi connectivity index (χ4n) is 3.05. The smallest absolute Gasteiger partial charge is 0.249 e. The van der Waals surface area contributed by atoms with E-state index in [1.54, 1.807) is 11.5 Å². The summed E-state index contributed by atoms with van der Waals surface area (Å²) in [6.07, 6.45) is 4.83. The molecule has 1 aromatic rings. The van der Waals surface area contributed by atoms with Gasteiger partial charge < -0.3 is 0 Å². The van der Waals surface area contributed by atoms with Crippen molar-refractivity contribution >= 4 is 9.84 Å². The summed E-state index contributed by atoms with van der Waals surface area (Å²) < 4.78 is 26.7. The highest BCUT2D eigenvalue weighted by molar-refractivity contribution is 7.91. The third-order valence-corrected chi connectivity index (χ3v) is 5.75. The number of unbranched alkanes of at least 4 members (excludes halogenated alkanes) is 1. The lowest BCUT2D eigenvalue weighted by atomic mass is 9.87. The number of hydrogen-bond donors (Lipinski definition) is 0. The molecule has 0 radical (unpaired) electrons. The number of nitrogens with zero attached hydrogens (tertiary/aromatic N) is 4. The van der Waals surface area contributed by atoms with Crippen LogP contribution in [0.25, 0.3) is 0 Å². The van der Waals surface area contributed by atoms with Crippen molar-refractivity contribution in [3.05, 3.63) is 5.82 Å². The van der Waals surface area contributed by atoms with E-state index >= 15 is 0 Å². The van der Waals surface area contributed by atoms with Crippen LogP contribution in [0.3, 0.4) is 0 Å². The summed E-state index contributed by atoms with van der Waals surface area (Å²) in [6, 6.07) is 2.14. The molecule has 1 heterocycles. The van der Waals surface area contributed by atoms with E-state index in [0.29, 0.717) is 18.2 Å². The predicted octanol–water partition coefficient (Wildman–Crippen LogP) is 2.42. The second-order valence-electron chi connectivity index (χ2n) is 5.91. The molecule has 0 unspecified atom stereocenters. The summed E-state index contributed by atoms with van der Waals surface area (Å²) >= 11 is 0. The van der Waals surface area contributed by atoms with Crippen LogP contribution >= 0.6 is 0 Å². The van der Waals surface area contributed by atoms with Crippen LogP contribution < -0.4 is 0 Å². The Bertz CT molecular complexity index is 630. The second kappa shape index (κ2) is 6.56. The van der Waals surface area contributed by atoms with E-state index in [1.807, 2.05) is 6.07 Å². The fourth-order valence-corrected chi connectivity index (χ4v) is 4.50. The minimum absolute atomic E-state index is 0.0407. The Hall–Kier alpha value is -1.42. The summed E-state index contributed by atoms with van der Waals surface area (Å²) in [5, 5.41) is 16.5. The number of hydrogen-bond acceptors (Lipinski definition) is 5. The van der Waals surface area contributed by atoms with Gasteiger partial charge in [0.2, 0.25) is 15.0 Å². The molecule has 2 rings (SSSR count). The topological polar surface area (TPSA) is 88.6 Å². The van der Waals surface area contributed by atoms with E-state index in [9.17, 15) is 8.42 Å². The average Bonchev–Trinajstić information content (AvgIpc) is 2.81. The molecule has 1 fully saturated rings. The van der Waals surface area contributed by atoms with Crippen LogP contribution in [0.4, 0.5) is 0 Å². The minimum atomic E-state index is -3.47. The summed E-state index contributed by atoms with van der Waals surface area (Å²) in [5.74, 6) is 1.22. The predicted molar refractivity (Wildman–Crippen MR) is 78.3 cm³/mol. The van der Waals surface area contributed by atoms with E-state index in [4.69, 9.17) is 5.26 Å². The Labute approximate surface area is 126 Å². The van der Waals surface area contributed by atoms with E-state index in [-0.39, 0.29) is 23.4 Å². The van der Waals surface area contributed by atoms with Crippen molar-refractivity contribution in [2.45, 2.75) is 63.6 Å². The Morgan fingerprint density at radius 2 is 2.14 bits per heavy atom. The van der Waals surface area contributed by atoms with E-state index in [1.165, 1.54) is 6.42 Å². The van der Waals surface area contributed by atoms with Crippen LogP contribution in [0.15, 0.2) is 5.16 Å². The molecule has 0 saturated heterocycles. The summed E-state index contributed by atoms with van der Waals surface area (Å²) in [6.45, 7) is 4.01. The first kappa shape index (κ1) is 16.0. The van der Waals surface area contributed by atoms with Gasteiger partial charge in [-0.25, -0.2) is 8.42 Å². The number of aryl methyl sites for hydroxylation is 1. The summed E-state index contributed by atoms with van der Waals surface area (Å²) in [5.41, 5.74) is 0. The zero-order valence-corrected chi connectivity index (χ0v) is 13.4. The Balaban J connectivity index is 2.27. The molecule has 1 aliphatic rings. The highest BCUT2D eigenvalue weighted by atomic mass is 32.2. The van der Waals surface area contributed by atoms with Crippen molar-refractivity contribution in [1.82, 2.24) is 14.8 Å². The maximum Gasteiger partial charge on any atom is 0.249 e. The van der Waals surface area contributed by atoms with E-state index in [2.05, 4.69) is 17.1 Å². The Kier molecular flexibility index (Phi) is 4.99. The van der Waals surface area contributed by atoms with Crippen molar-refractivity contribution in [3.8, 4) is 6.07 Å². The van der Waals surface area contributed by atoms with Gasteiger partial charge in [-0.1, -0.05) is 19.8 Å². The first-order valence-corrected chi connectivity index (χ1v) is 9.12. The van der Waals surface area contributed by atoms with Gasteiger partial charge in [-0.3, -0.25) is 4.57 Å². The van der Waals surface area contributed by atoms with Gasteiger partial charge in [-0.15, -0.1) is 10.2 Å². The molecular weight excluding hydrogens is 288 g/mol. The van der Waals surface area contributed by atoms with Crippen molar-refractivity contribution in [2.24, 2.45) is 5.92 Å². The molecule has 0 aliphatic heterocycles. The van der Waals surface area contributed by atoms with Gasteiger partial charge in [0.25, 0.3) is 0 Å². The molecule has 2 atom stereocenters. The number of aromatic nitrogens is 3. The Morgan fingerprint density at radius 1 is 1.38 bits per heavy atom. The molecule has 1 aromatic heterocycles. The molecule has 0 spiro atoms. The van der Waals surface area contributed by atoms with Crippen LogP contribution in [0, 0.1) is 24.2 Å².